The van der Waals surface area contributed by atoms with Crippen LogP contribution in [0.15, 0.2) is 65.8 Å². The molecule has 1 saturated carbocycles. The minimum atomic E-state index is -0.0423. The highest BCUT2D eigenvalue weighted by Gasteiger charge is 2.20. The molecule has 0 nitrogen and oxygen atoms in total. The molecule has 0 N–H and O–H groups in total. The van der Waals surface area contributed by atoms with E-state index in [1.54, 1.807) is 0 Å². The molecule has 1 aliphatic rings. The van der Waals surface area contributed by atoms with Crippen molar-refractivity contribution in [2.75, 3.05) is 0 Å². The monoisotopic (exact) mass is 298 g/mol. The van der Waals surface area contributed by atoms with Gasteiger partial charge in [0.05, 0.1) is 0 Å². The van der Waals surface area contributed by atoms with Gasteiger partial charge in [0.2, 0.25) is 0 Å². The number of hydrogen-bond acceptors (Lipinski definition) is 1. The Labute approximate surface area is 130 Å². The number of hydrogen-bond donors (Lipinski definition) is 0. The molecule has 21 heavy (non-hydrogen) atoms. The summed E-state index contributed by atoms with van der Waals surface area (Å²) in [5.74, 6) is 0. The molecule has 0 aliphatic heterocycles. The first kappa shape index (κ1) is 14.4. The van der Waals surface area contributed by atoms with Gasteiger partial charge in [-0.1, -0.05) is 85.3 Å². The molecule has 0 heterocycles. The minimum Gasteiger partial charge on any atom is -0.199 e. The Morgan fingerprint density at radius 2 is 1.29 bits per heavy atom. The van der Waals surface area contributed by atoms with Gasteiger partial charge in [0.1, 0.15) is 0 Å². The Morgan fingerprint density at radius 1 is 0.810 bits per heavy atom. The lowest BCUT2D eigenvalue weighted by atomic mass is 9.99. The average Bonchev–Trinajstić information content (AvgIpc) is 3.02. The molecule has 0 unspecified atom stereocenters. The maximum absolute atomic E-state index is 14.9. The van der Waals surface area contributed by atoms with Crippen LogP contribution in [0, 0.1) is 0 Å². The summed E-state index contributed by atoms with van der Waals surface area (Å²) in [5.41, 5.74) is 2.63. The summed E-state index contributed by atoms with van der Waals surface area (Å²) in [7, 11) is 0. The highest BCUT2D eigenvalue weighted by Crippen LogP contribution is 2.40. The van der Waals surface area contributed by atoms with Crippen LogP contribution in [0.25, 0.3) is 5.57 Å². The third-order valence-corrected chi connectivity index (χ3v) is 5.11. The van der Waals surface area contributed by atoms with Gasteiger partial charge in [0, 0.05) is 10.8 Å². The van der Waals surface area contributed by atoms with Crippen molar-refractivity contribution in [3.05, 3.63) is 76.9 Å². The first-order valence-electron chi connectivity index (χ1n) is 7.52. The fourth-order valence-corrected chi connectivity index (χ4v) is 4.03. The average molecular weight is 298 g/mol. The van der Waals surface area contributed by atoms with E-state index in [1.807, 2.05) is 60.7 Å². The standard InChI is InChI=1S/C19H19FS/c20-19(21-17-13-7-8-14-17)18(15-9-3-1-4-10-15)16-11-5-2-6-12-16/h1-6,9-12,17H,7-8,13-14H2. The zero-order chi connectivity index (χ0) is 14.5. The molecule has 0 spiro atoms. The zero-order valence-electron chi connectivity index (χ0n) is 12.0. The second-order valence-electron chi connectivity index (χ2n) is 5.41. The fraction of sp³-hybridized carbons (Fsp3) is 0.263. The highest BCUT2D eigenvalue weighted by molar-refractivity contribution is 8.03. The summed E-state index contributed by atoms with van der Waals surface area (Å²) in [6, 6.07) is 19.7. The van der Waals surface area contributed by atoms with Crippen LogP contribution in [-0.2, 0) is 0 Å². The Kier molecular flexibility index (Phi) is 4.76. The van der Waals surface area contributed by atoms with Gasteiger partial charge >= 0.3 is 0 Å². The first-order valence-corrected chi connectivity index (χ1v) is 8.40. The summed E-state index contributed by atoms with van der Waals surface area (Å²) in [4.78, 5) is 0. The molecule has 3 rings (SSSR count). The van der Waals surface area contributed by atoms with Crippen LogP contribution >= 0.6 is 11.8 Å². The van der Waals surface area contributed by atoms with Gasteiger partial charge in [-0.05, 0) is 24.0 Å². The lowest BCUT2D eigenvalue weighted by Gasteiger charge is -2.13. The summed E-state index contributed by atoms with van der Waals surface area (Å²) in [6.45, 7) is 0. The number of thioether (sulfide) groups is 1. The fourth-order valence-electron chi connectivity index (χ4n) is 2.81. The Bertz CT molecular complexity index is 556. The van der Waals surface area contributed by atoms with Crippen molar-refractivity contribution < 1.29 is 4.39 Å². The van der Waals surface area contributed by atoms with Crippen molar-refractivity contribution in [3.8, 4) is 0 Å². The Morgan fingerprint density at radius 3 is 1.76 bits per heavy atom. The van der Waals surface area contributed by atoms with Crippen LogP contribution in [0.1, 0.15) is 36.8 Å². The lowest BCUT2D eigenvalue weighted by molar-refractivity contribution is 0.699. The van der Waals surface area contributed by atoms with Crippen molar-refractivity contribution in [2.45, 2.75) is 30.9 Å². The van der Waals surface area contributed by atoms with Crippen LogP contribution in [0.3, 0.4) is 0 Å². The maximum Gasteiger partial charge on any atom is 0.165 e. The van der Waals surface area contributed by atoms with E-state index in [1.165, 1.54) is 24.6 Å². The molecule has 2 aromatic rings. The predicted molar refractivity (Wildman–Crippen MR) is 89.9 cm³/mol. The van der Waals surface area contributed by atoms with E-state index in [-0.39, 0.29) is 5.16 Å². The van der Waals surface area contributed by atoms with E-state index in [0.717, 1.165) is 29.5 Å². The quantitative estimate of drug-likeness (QED) is 0.662. The molecule has 1 aliphatic carbocycles. The molecule has 2 heteroatoms. The van der Waals surface area contributed by atoms with Gasteiger partial charge in [0.25, 0.3) is 0 Å². The van der Waals surface area contributed by atoms with E-state index in [4.69, 9.17) is 0 Å². The van der Waals surface area contributed by atoms with Crippen molar-refractivity contribution in [2.24, 2.45) is 0 Å². The maximum atomic E-state index is 14.9. The summed E-state index contributed by atoms with van der Waals surface area (Å²) in [6.07, 6.45) is 4.73. The van der Waals surface area contributed by atoms with Gasteiger partial charge in [-0.2, -0.15) is 4.39 Å². The van der Waals surface area contributed by atoms with E-state index in [9.17, 15) is 4.39 Å². The Hall–Kier alpha value is -1.54. The van der Waals surface area contributed by atoms with Crippen molar-refractivity contribution in [3.63, 3.8) is 0 Å². The molecular formula is C19H19FS. The van der Waals surface area contributed by atoms with Crippen LogP contribution in [0.2, 0.25) is 0 Å². The van der Waals surface area contributed by atoms with Gasteiger partial charge in [-0.25, -0.2) is 0 Å². The van der Waals surface area contributed by atoms with E-state index >= 15 is 0 Å². The second-order valence-corrected chi connectivity index (χ2v) is 6.67. The first-order chi connectivity index (χ1) is 10.3. The molecule has 0 saturated heterocycles. The predicted octanol–water partition coefficient (Wildman–Crippen LogP) is 6.05. The second kappa shape index (κ2) is 6.95. The highest BCUT2D eigenvalue weighted by atomic mass is 32.2. The molecule has 0 radical (unpaired) electrons. The van der Waals surface area contributed by atoms with Gasteiger partial charge in [-0.15, -0.1) is 0 Å². The number of rotatable bonds is 4. The van der Waals surface area contributed by atoms with E-state index in [0.29, 0.717) is 5.25 Å². The molecular weight excluding hydrogens is 279 g/mol. The minimum absolute atomic E-state index is 0.0423. The topological polar surface area (TPSA) is 0 Å². The van der Waals surface area contributed by atoms with Crippen LogP contribution in [0.5, 0.6) is 0 Å². The van der Waals surface area contributed by atoms with Crippen molar-refractivity contribution in [1.29, 1.82) is 0 Å². The van der Waals surface area contributed by atoms with Crippen LogP contribution in [-0.4, -0.2) is 5.25 Å². The van der Waals surface area contributed by atoms with Crippen molar-refractivity contribution >= 4 is 17.3 Å². The van der Waals surface area contributed by atoms with Crippen LogP contribution < -0.4 is 0 Å². The third-order valence-electron chi connectivity index (χ3n) is 3.89. The smallest absolute Gasteiger partial charge is 0.165 e. The normalized spacial score (nSPS) is 15.1. The molecule has 0 atom stereocenters. The number of benzene rings is 2. The van der Waals surface area contributed by atoms with E-state index < -0.39 is 0 Å². The summed E-state index contributed by atoms with van der Waals surface area (Å²) < 4.78 is 14.9. The SMILES string of the molecule is FC(SC1CCCC1)=C(c1ccccc1)c1ccccc1. The Balaban J connectivity index is 1.99. The number of halogens is 1. The molecule has 0 bridgehead atoms. The molecule has 2 aromatic carbocycles. The summed E-state index contributed by atoms with van der Waals surface area (Å²) >= 11 is 1.42. The molecule has 1 fully saturated rings. The zero-order valence-corrected chi connectivity index (χ0v) is 12.8. The molecule has 108 valence electrons. The van der Waals surface area contributed by atoms with Crippen LogP contribution in [0.4, 0.5) is 4.39 Å². The van der Waals surface area contributed by atoms with Gasteiger partial charge < -0.3 is 0 Å². The van der Waals surface area contributed by atoms with Crippen molar-refractivity contribution in [1.82, 2.24) is 0 Å². The lowest BCUT2D eigenvalue weighted by Crippen LogP contribution is -1.96. The van der Waals surface area contributed by atoms with Gasteiger partial charge in [0.15, 0.2) is 5.16 Å². The third kappa shape index (κ3) is 3.56. The summed E-state index contributed by atoms with van der Waals surface area (Å²) in [5, 5.41) is 0.395. The van der Waals surface area contributed by atoms with Gasteiger partial charge in [-0.3, -0.25) is 0 Å². The van der Waals surface area contributed by atoms with E-state index in [2.05, 4.69) is 0 Å². The molecule has 0 aromatic heterocycles. The molecule has 0 amide bonds. The largest absolute Gasteiger partial charge is 0.199 e.